The highest BCUT2D eigenvalue weighted by Gasteiger charge is 2.23. The Morgan fingerprint density at radius 3 is 2.53 bits per heavy atom. The number of hydrogen-bond donors (Lipinski definition) is 2. The van der Waals surface area contributed by atoms with Gasteiger partial charge in [0.2, 0.25) is 0 Å². The highest BCUT2D eigenvalue weighted by molar-refractivity contribution is 5.85. The molecule has 0 saturated carbocycles. The molecule has 0 radical (unpaired) electrons. The zero-order valence-electron chi connectivity index (χ0n) is 10.9. The maximum atomic E-state index is 13.3. The van der Waals surface area contributed by atoms with Crippen LogP contribution in [-0.4, -0.2) is 36.2 Å². The maximum Gasteiger partial charge on any atom is 0.123 e. The Hall–Kier alpha value is -0.550. The molecule has 1 aliphatic heterocycles. The van der Waals surface area contributed by atoms with Crippen molar-refractivity contribution in [1.82, 2.24) is 10.2 Å². The lowest BCUT2D eigenvalue weighted by atomic mass is 10.0. The minimum atomic E-state index is -0.286. The number of rotatable bonds is 3. The molecule has 0 bridgehead atoms. The molecule has 3 nitrogen and oxygen atoms in total. The molecule has 1 aromatic carbocycles. The van der Waals surface area contributed by atoms with Crippen LogP contribution >= 0.6 is 24.8 Å². The third kappa shape index (κ3) is 4.49. The Kier molecular flexibility index (Phi) is 8.34. The van der Waals surface area contributed by atoms with Crippen LogP contribution < -0.4 is 5.32 Å². The third-order valence-electron chi connectivity index (χ3n) is 3.33. The fraction of sp³-hybridized carbons (Fsp3) is 0.538. The molecule has 110 valence electrons. The summed E-state index contributed by atoms with van der Waals surface area (Å²) in [6.45, 7) is 5.85. The highest BCUT2D eigenvalue weighted by atomic mass is 35.5. The van der Waals surface area contributed by atoms with Crippen molar-refractivity contribution < 1.29 is 9.50 Å². The van der Waals surface area contributed by atoms with Gasteiger partial charge in [-0.25, -0.2) is 4.39 Å². The molecule has 1 fully saturated rings. The van der Waals surface area contributed by atoms with E-state index in [0.29, 0.717) is 5.56 Å². The van der Waals surface area contributed by atoms with Crippen molar-refractivity contribution >= 4 is 24.8 Å². The van der Waals surface area contributed by atoms with Crippen LogP contribution in [0.4, 0.5) is 4.39 Å². The molecule has 19 heavy (non-hydrogen) atoms. The van der Waals surface area contributed by atoms with Crippen LogP contribution in [0.1, 0.15) is 24.9 Å². The summed E-state index contributed by atoms with van der Waals surface area (Å²) in [4.78, 5) is 2.30. The summed E-state index contributed by atoms with van der Waals surface area (Å²) in [5.74, 6) is -0.0943. The number of nitrogens with zero attached hydrogens (tertiary/aromatic N) is 1. The Morgan fingerprint density at radius 2 is 1.95 bits per heavy atom. The number of piperazine rings is 1. The average molecular weight is 311 g/mol. The molecular weight excluding hydrogens is 290 g/mol. The van der Waals surface area contributed by atoms with Crippen molar-refractivity contribution in [1.29, 1.82) is 0 Å². The predicted octanol–water partition coefficient (Wildman–Crippen LogP) is 2.73. The van der Waals surface area contributed by atoms with Crippen LogP contribution in [0.15, 0.2) is 18.2 Å². The third-order valence-corrected chi connectivity index (χ3v) is 3.33. The molecule has 1 aromatic rings. The van der Waals surface area contributed by atoms with Crippen LogP contribution in [-0.2, 0) is 0 Å². The number of phenolic OH excluding ortho intramolecular Hbond substituents is 1. The minimum Gasteiger partial charge on any atom is -0.508 e. The summed E-state index contributed by atoms with van der Waals surface area (Å²) in [6.07, 6.45) is 0.872. The molecule has 0 spiro atoms. The van der Waals surface area contributed by atoms with E-state index in [-0.39, 0.29) is 42.4 Å². The molecule has 1 atom stereocenters. The van der Waals surface area contributed by atoms with Crippen molar-refractivity contribution in [2.45, 2.75) is 19.4 Å². The normalized spacial score (nSPS) is 17.2. The van der Waals surface area contributed by atoms with E-state index in [0.717, 1.165) is 32.6 Å². The van der Waals surface area contributed by atoms with Crippen molar-refractivity contribution in [3.8, 4) is 5.75 Å². The molecule has 6 heteroatoms. The van der Waals surface area contributed by atoms with E-state index in [1.807, 2.05) is 0 Å². The Balaban J connectivity index is 0.00000162. The first-order valence-electron chi connectivity index (χ1n) is 6.15. The van der Waals surface area contributed by atoms with Crippen LogP contribution in [0.5, 0.6) is 5.75 Å². The second-order valence-corrected chi connectivity index (χ2v) is 4.41. The van der Waals surface area contributed by atoms with E-state index in [1.54, 1.807) is 0 Å². The van der Waals surface area contributed by atoms with Gasteiger partial charge in [-0.05, 0) is 24.6 Å². The summed E-state index contributed by atoms with van der Waals surface area (Å²) < 4.78 is 13.3. The Morgan fingerprint density at radius 1 is 1.32 bits per heavy atom. The molecule has 0 unspecified atom stereocenters. The molecular formula is C13H21Cl2FN2O. The smallest absolute Gasteiger partial charge is 0.123 e. The molecule has 1 aliphatic rings. The van der Waals surface area contributed by atoms with Gasteiger partial charge < -0.3 is 10.4 Å². The SMILES string of the molecule is CC[C@@H](c1cc(F)ccc1O)N1CCNCC1.Cl.Cl. The minimum absolute atomic E-state index is 0. The van der Waals surface area contributed by atoms with Crippen molar-refractivity contribution in [3.63, 3.8) is 0 Å². The van der Waals surface area contributed by atoms with Crippen LogP contribution in [0, 0.1) is 5.82 Å². The maximum absolute atomic E-state index is 13.3. The van der Waals surface area contributed by atoms with Gasteiger partial charge in [0.1, 0.15) is 11.6 Å². The summed E-state index contributed by atoms with van der Waals surface area (Å²) in [5, 5.41) is 13.2. The van der Waals surface area contributed by atoms with Gasteiger partial charge in [-0.3, -0.25) is 4.90 Å². The number of aromatic hydroxyl groups is 1. The van der Waals surface area contributed by atoms with Crippen LogP contribution in [0.3, 0.4) is 0 Å². The van der Waals surface area contributed by atoms with E-state index in [9.17, 15) is 9.50 Å². The number of hydrogen-bond acceptors (Lipinski definition) is 3. The van der Waals surface area contributed by atoms with Gasteiger partial charge in [0, 0.05) is 37.8 Å². The van der Waals surface area contributed by atoms with Crippen molar-refractivity contribution in [2.24, 2.45) is 0 Å². The number of benzene rings is 1. The lowest BCUT2D eigenvalue weighted by Crippen LogP contribution is -2.45. The topological polar surface area (TPSA) is 35.5 Å². The van der Waals surface area contributed by atoms with Gasteiger partial charge in [0.25, 0.3) is 0 Å². The largest absolute Gasteiger partial charge is 0.508 e. The Labute approximate surface area is 126 Å². The quantitative estimate of drug-likeness (QED) is 0.901. The van der Waals surface area contributed by atoms with E-state index in [2.05, 4.69) is 17.1 Å². The van der Waals surface area contributed by atoms with Crippen LogP contribution in [0.2, 0.25) is 0 Å². The fourth-order valence-corrected chi connectivity index (χ4v) is 2.46. The number of halogens is 3. The first-order valence-corrected chi connectivity index (χ1v) is 6.15. The van der Waals surface area contributed by atoms with Gasteiger partial charge in [-0.1, -0.05) is 6.92 Å². The molecule has 1 heterocycles. The molecule has 0 aliphatic carbocycles. The van der Waals surface area contributed by atoms with Crippen molar-refractivity contribution in [2.75, 3.05) is 26.2 Å². The van der Waals surface area contributed by atoms with Gasteiger partial charge in [0.05, 0.1) is 0 Å². The molecule has 2 rings (SSSR count). The predicted molar refractivity (Wildman–Crippen MR) is 80.0 cm³/mol. The van der Waals surface area contributed by atoms with Gasteiger partial charge in [0.15, 0.2) is 0 Å². The average Bonchev–Trinajstić information content (AvgIpc) is 2.36. The zero-order chi connectivity index (χ0) is 12.3. The highest BCUT2D eigenvalue weighted by Crippen LogP contribution is 2.31. The first-order chi connectivity index (χ1) is 8.22. The van der Waals surface area contributed by atoms with Gasteiger partial charge >= 0.3 is 0 Å². The van der Waals surface area contributed by atoms with E-state index >= 15 is 0 Å². The fourth-order valence-electron chi connectivity index (χ4n) is 2.46. The number of phenols is 1. The molecule has 0 aromatic heterocycles. The standard InChI is InChI=1S/C13H19FN2O.2ClH/c1-2-12(16-7-5-15-6-8-16)11-9-10(14)3-4-13(11)17;;/h3-4,9,12,15,17H,2,5-8H2,1H3;2*1H/t12-;;/m0../s1. The zero-order valence-corrected chi connectivity index (χ0v) is 12.6. The lowest BCUT2D eigenvalue weighted by Gasteiger charge is -2.35. The van der Waals surface area contributed by atoms with E-state index in [1.165, 1.54) is 18.2 Å². The summed E-state index contributed by atoms with van der Waals surface area (Å²) in [7, 11) is 0. The van der Waals surface area contributed by atoms with Gasteiger partial charge in [-0.2, -0.15) is 0 Å². The second kappa shape index (κ2) is 8.59. The summed E-state index contributed by atoms with van der Waals surface area (Å²) in [6, 6.07) is 4.29. The van der Waals surface area contributed by atoms with E-state index in [4.69, 9.17) is 0 Å². The molecule has 1 saturated heterocycles. The van der Waals surface area contributed by atoms with E-state index < -0.39 is 0 Å². The summed E-state index contributed by atoms with van der Waals surface area (Å²) in [5.41, 5.74) is 0.703. The number of nitrogens with one attached hydrogen (secondary N) is 1. The van der Waals surface area contributed by atoms with Crippen molar-refractivity contribution in [3.05, 3.63) is 29.6 Å². The second-order valence-electron chi connectivity index (χ2n) is 4.41. The summed E-state index contributed by atoms with van der Waals surface area (Å²) >= 11 is 0. The first kappa shape index (κ1) is 18.4. The van der Waals surface area contributed by atoms with Crippen LogP contribution in [0.25, 0.3) is 0 Å². The van der Waals surface area contributed by atoms with Gasteiger partial charge in [-0.15, -0.1) is 24.8 Å². The lowest BCUT2D eigenvalue weighted by molar-refractivity contribution is 0.166. The molecule has 0 amide bonds. The Bertz CT molecular complexity index is 387. The monoisotopic (exact) mass is 310 g/mol. The molecule has 2 N–H and O–H groups in total.